The molecule has 1 saturated carbocycles. The highest BCUT2D eigenvalue weighted by atomic mass is 35.5. The maximum absolute atomic E-state index is 13.8. The fourth-order valence-corrected chi connectivity index (χ4v) is 6.33. The second kappa shape index (κ2) is 8.51. The van der Waals surface area contributed by atoms with Crippen molar-refractivity contribution in [3.8, 4) is 5.75 Å². The summed E-state index contributed by atoms with van der Waals surface area (Å²) in [6.45, 7) is 0.419. The van der Waals surface area contributed by atoms with Gasteiger partial charge in [0.05, 0.1) is 30.5 Å². The number of carbonyl (C=O) groups excluding carboxylic acids is 1. The number of nitrogens with zero attached hydrogens (tertiary/aromatic N) is 2. The quantitative estimate of drug-likeness (QED) is 0.717. The first-order valence-corrected chi connectivity index (χ1v) is 12.3. The van der Waals surface area contributed by atoms with E-state index in [0.717, 1.165) is 36.1 Å². The fraction of sp³-hybridized carbons (Fsp3) is 0.455. The number of hydrogen-bond donors (Lipinski definition) is 1. The molecule has 1 aromatic heterocycles. The van der Waals surface area contributed by atoms with E-state index in [1.807, 2.05) is 0 Å². The molecule has 7 nitrogen and oxygen atoms in total. The van der Waals surface area contributed by atoms with Gasteiger partial charge in [0.2, 0.25) is 0 Å². The van der Waals surface area contributed by atoms with Crippen molar-refractivity contribution in [1.82, 2.24) is 9.88 Å². The Labute approximate surface area is 192 Å². The number of carbonyl (C=O) groups is 1. The van der Waals surface area contributed by atoms with Crippen molar-refractivity contribution in [3.63, 3.8) is 0 Å². The third-order valence-electron chi connectivity index (χ3n) is 6.67. The van der Waals surface area contributed by atoms with Gasteiger partial charge in [0, 0.05) is 24.8 Å². The van der Waals surface area contributed by atoms with Crippen LogP contribution in [0.3, 0.4) is 0 Å². The molecule has 1 amide bonds. The van der Waals surface area contributed by atoms with Crippen molar-refractivity contribution in [2.45, 2.75) is 31.1 Å². The first-order valence-electron chi connectivity index (χ1n) is 10.5. The molecule has 2 bridgehead atoms. The Balaban J connectivity index is 0.00000245. The lowest BCUT2D eigenvalue weighted by Gasteiger charge is -2.28. The largest absolute Gasteiger partial charge is 0.494 e. The second-order valence-corrected chi connectivity index (χ2v) is 10.8. The molecule has 1 aliphatic heterocycles. The Kier molecular flexibility index (Phi) is 6.06. The predicted octanol–water partition coefficient (Wildman–Crippen LogP) is 3.63. The normalized spacial score (nSPS) is 22.8. The number of anilines is 2. The minimum Gasteiger partial charge on any atom is -0.494 e. The highest BCUT2D eigenvalue weighted by Gasteiger charge is 2.42. The molecule has 1 aromatic carbocycles. The van der Waals surface area contributed by atoms with E-state index in [9.17, 15) is 17.6 Å². The molecular weight excluding hydrogens is 457 g/mol. The summed E-state index contributed by atoms with van der Waals surface area (Å²) in [5.74, 6) is 0.195. The minimum absolute atomic E-state index is 0. The van der Waals surface area contributed by atoms with Crippen LogP contribution in [-0.4, -0.2) is 55.9 Å². The van der Waals surface area contributed by atoms with Gasteiger partial charge >= 0.3 is 0 Å². The highest BCUT2D eigenvalue weighted by Crippen LogP contribution is 2.56. The lowest BCUT2D eigenvalue weighted by molar-refractivity contribution is 0.0762. The van der Waals surface area contributed by atoms with Gasteiger partial charge < -0.3 is 15.0 Å². The van der Waals surface area contributed by atoms with Crippen molar-refractivity contribution in [2.75, 3.05) is 37.0 Å². The number of benzene rings is 1. The topological polar surface area (TPSA) is 88.6 Å². The van der Waals surface area contributed by atoms with Crippen LogP contribution < -0.4 is 10.1 Å². The zero-order valence-electron chi connectivity index (χ0n) is 17.6. The highest BCUT2D eigenvalue weighted by molar-refractivity contribution is 7.91. The van der Waals surface area contributed by atoms with E-state index >= 15 is 0 Å². The lowest BCUT2D eigenvalue weighted by Crippen LogP contribution is -2.44. The van der Waals surface area contributed by atoms with Gasteiger partial charge in [-0.1, -0.05) is 0 Å². The summed E-state index contributed by atoms with van der Waals surface area (Å²) in [5.41, 5.74) is 4.07. The van der Waals surface area contributed by atoms with E-state index in [4.69, 9.17) is 4.74 Å². The summed E-state index contributed by atoms with van der Waals surface area (Å²) in [6.07, 6.45) is 4.76. The van der Waals surface area contributed by atoms with Gasteiger partial charge in [-0.15, -0.1) is 12.4 Å². The maximum atomic E-state index is 13.8. The van der Waals surface area contributed by atoms with E-state index in [-0.39, 0.29) is 48.7 Å². The smallest absolute Gasteiger partial charge is 0.272 e. The summed E-state index contributed by atoms with van der Waals surface area (Å²) in [5, 5.41) is 3.33. The average molecular weight is 482 g/mol. The summed E-state index contributed by atoms with van der Waals surface area (Å²) in [7, 11) is -1.64. The molecule has 172 valence electrons. The van der Waals surface area contributed by atoms with Crippen molar-refractivity contribution in [3.05, 3.63) is 47.0 Å². The number of fused-ring (bicyclic) bond motifs is 5. The Morgan fingerprint density at radius 3 is 2.56 bits per heavy atom. The SMILES string of the molecule is COc1cc(Nc2cnc(C(=O)N3CCS(=O)(=O)CC3)c3c2C2CCC3C2)ccc1F.Cl. The van der Waals surface area contributed by atoms with E-state index in [1.54, 1.807) is 23.2 Å². The number of pyridine rings is 1. The van der Waals surface area contributed by atoms with Crippen LogP contribution in [0.15, 0.2) is 24.4 Å². The van der Waals surface area contributed by atoms with Gasteiger partial charge in [0.1, 0.15) is 5.69 Å². The molecule has 2 aromatic rings. The van der Waals surface area contributed by atoms with Crippen LogP contribution in [0.2, 0.25) is 0 Å². The van der Waals surface area contributed by atoms with Crippen molar-refractivity contribution < 1.29 is 22.3 Å². The van der Waals surface area contributed by atoms with Gasteiger partial charge in [-0.3, -0.25) is 4.79 Å². The van der Waals surface area contributed by atoms with Crippen molar-refractivity contribution in [2.24, 2.45) is 0 Å². The molecule has 10 heteroatoms. The molecule has 2 aliphatic carbocycles. The molecule has 1 saturated heterocycles. The number of rotatable bonds is 4. The summed E-state index contributed by atoms with van der Waals surface area (Å²) >= 11 is 0. The average Bonchev–Trinajstić information content (AvgIpc) is 3.38. The Bertz CT molecular complexity index is 1160. The van der Waals surface area contributed by atoms with E-state index in [0.29, 0.717) is 23.2 Å². The van der Waals surface area contributed by atoms with Crippen LogP contribution in [0, 0.1) is 5.82 Å². The lowest BCUT2D eigenvalue weighted by atomic mass is 9.89. The Morgan fingerprint density at radius 2 is 1.88 bits per heavy atom. The van der Waals surface area contributed by atoms with Gasteiger partial charge in [-0.2, -0.15) is 0 Å². The molecule has 5 rings (SSSR count). The van der Waals surface area contributed by atoms with Crippen LogP contribution in [0.1, 0.15) is 52.7 Å². The van der Waals surface area contributed by atoms with E-state index < -0.39 is 15.7 Å². The third kappa shape index (κ3) is 3.92. The number of halogens is 2. The Hall–Kier alpha value is -2.39. The molecule has 2 unspecified atom stereocenters. The fourth-order valence-electron chi connectivity index (χ4n) is 5.13. The van der Waals surface area contributed by atoms with Crippen molar-refractivity contribution in [1.29, 1.82) is 0 Å². The van der Waals surface area contributed by atoms with Gasteiger partial charge in [0.25, 0.3) is 5.91 Å². The molecular formula is C22H25ClFN3O4S. The molecule has 2 heterocycles. The predicted molar refractivity (Wildman–Crippen MR) is 122 cm³/mol. The molecule has 1 N–H and O–H groups in total. The monoisotopic (exact) mass is 481 g/mol. The van der Waals surface area contributed by atoms with E-state index in [2.05, 4.69) is 10.3 Å². The summed E-state index contributed by atoms with van der Waals surface area (Å²) in [6, 6.07) is 4.59. The first kappa shape index (κ1) is 22.8. The molecule has 32 heavy (non-hydrogen) atoms. The van der Waals surface area contributed by atoms with Gasteiger partial charge in [-0.05, 0) is 54.4 Å². The number of ether oxygens (including phenoxy) is 1. The number of amides is 1. The molecule has 2 fully saturated rings. The number of hydrogen-bond acceptors (Lipinski definition) is 6. The number of nitrogens with one attached hydrogen (secondary N) is 1. The van der Waals surface area contributed by atoms with Crippen LogP contribution in [0.5, 0.6) is 5.75 Å². The van der Waals surface area contributed by atoms with Crippen LogP contribution in [0.4, 0.5) is 15.8 Å². The van der Waals surface area contributed by atoms with Gasteiger partial charge in [0.15, 0.2) is 21.4 Å². The number of aromatic nitrogens is 1. The zero-order valence-corrected chi connectivity index (χ0v) is 19.3. The van der Waals surface area contributed by atoms with Crippen molar-refractivity contribution >= 4 is 39.5 Å². The maximum Gasteiger partial charge on any atom is 0.272 e. The van der Waals surface area contributed by atoms with Gasteiger partial charge in [-0.25, -0.2) is 17.8 Å². The molecule has 0 radical (unpaired) electrons. The first-order chi connectivity index (χ1) is 14.9. The summed E-state index contributed by atoms with van der Waals surface area (Å²) < 4.78 is 42.3. The summed E-state index contributed by atoms with van der Waals surface area (Å²) in [4.78, 5) is 19.4. The second-order valence-electron chi connectivity index (χ2n) is 8.47. The number of methoxy groups -OCH3 is 1. The van der Waals surface area contributed by atoms with E-state index in [1.165, 1.54) is 13.2 Å². The minimum atomic E-state index is -3.06. The van der Waals surface area contributed by atoms with Crippen LogP contribution >= 0.6 is 12.4 Å². The van der Waals surface area contributed by atoms with Crippen LogP contribution in [0.25, 0.3) is 0 Å². The van der Waals surface area contributed by atoms with Crippen LogP contribution in [-0.2, 0) is 9.84 Å². The zero-order chi connectivity index (χ0) is 21.8. The standard InChI is InChI=1S/C22H24FN3O4S.ClH/c1-30-18-11-15(4-5-16(18)23)25-17-12-24-21(20-14-3-2-13(10-14)19(17)20)22(27)26-6-8-31(28,29)9-7-26;/h4-5,11-14,25H,2-3,6-10H2,1H3;1H. The molecule has 2 atom stereocenters. The molecule has 3 aliphatic rings. The number of sulfone groups is 1. The molecule has 0 spiro atoms. The Morgan fingerprint density at radius 1 is 1.19 bits per heavy atom. The third-order valence-corrected chi connectivity index (χ3v) is 8.28.